The number of benzene rings is 1. The summed E-state index contributed by atoms with van der Waals surface area (Å²) in [4.78, 5) is 4.60. The van der Waals surface area contributed by atoms with Crippen LogP contribution in [0.25, 0.3) is 0 Å². The zero-order valence-electron chi connectivity index (χ0n) is 9.77. The van der Waals surface area contributed by atoms with Gasteiger partial charge in [-0.25, -0.2) is 4.98 Å². The van der Waals surface area contributed by atoms with Gasteiger partial charge in [-0.3, -0.25) is 0 Å². The molecule has 3 nitrogen and oxygen atoms in total. The number of aryl methyl sites for hydroxylation is 1. The molecule has 0 aliphatic rings. The number of alkyl halides is 3. The highest BCUT2D eigenvalue weighted by molar-refractivity contribution is 7.99. The number of imidazole rings is 1. The van der Waals surface area contributed by atoms with E-state index in [1.54, 1.807) is 30.1 Å². The molecule has 0 saturated heterocycles. The van der Waals surface area contributed by atoms with Crippen molar-refractivity contribution in [1.29, 1.82) is 5.26 Å². The average Bonchev–Trinajstić information content (AvgIpc) is 2.73. The van der Waals surface area contributed by atoms with Crippen molar-refractivity contribution in [3.05, 3.63) is 41.7 Å². The van der Waals surface area contributed by atoms with E-state index in [0.717, 1.165) is 6.07 Å². The van der Waals surface area contributed by atoms with Crippen molar-refractivity contribution in [2.75, 3.05) is 0 Å². The van der Waals surface area contributed by atoms with Crippen LogP contribution >= 0.6 is 11.8 Å². The molecular weight excluding hydrogens is 275 g/mol. The number of nitriles is 1. The van der Waals surface area contributed by atoms with Gasteiger partial charge in [0, 0.05) is 24.3 Å². The molecule has 0 aliphatic heterocycles. The molecule has 19 heavy (non-hydrogen) atoms. The smallest absolute Gasteiger partial charge is 0.329 e. The Balaban J connectivity index is 2.36. The van der Waals surface area contributed by atoms with E-state index >= 15 is 0 Å². The lowest BCUT2D eigenvalue weighted by atomic mass is 10.1. The van der Waals surface area contributed by atoms with E-state index in [9.17, 15) is 13.2 Å². The predicted octanol–water partition coefficient (Wildman–Crippen LogP) is 3.46. The molecule has 0 amide bonds. The molecule has 1 aromatic heterocycles. The summed E-state index contributed by atoms with van der Waals surface area (Å²) in [6, 6.07) is 5.06. The molecule has 98 valence electrons. The number of rotatable bonds is 2. The maximum atomic E-state index is 12.6. The molecule has 7 heteroatoms. The topological polar surface area (TPSA) is 41.6 Å². The molecule has 1 aromatic carbocycles. The molecule has 0 spiro atoms. The minimum Gasteiger partial charge on any atom is -0.329 e. The van der Waals surface area contributed by atoms with Crippen molar-refractivity contribution in [2.24, 2.45) is 7.05 Å². The summed E-state index contributed by atoms with van der Waals surface area (Å²) in [5, 5.41) is 9.45. The number of hydrogen-bond donors (Lipinski definition) is 0. The summed E-state index contributed by atoms with van der Waals surface area (Å²) in [5.41, 5.74) is -1.30. The van der Waals surface area contributed by atoms with Gasteiger partial charge >= 0.3 is 6.18 Å². The zero-order chi connectivity index (χ0) is 14.0. The summed E-state index contributed by atoms with van der Waals surface area (Å²) >= 11 is 1.20. The third-order valence-electron chi connectivity index (χ3n) is 2.40. The Labute approximate surface area is 111 Å². The highest BCUT2D eigenvalue weighted by atomic mass is 32.2. The second-order valence-corrected chi connectivity index (χ2v) is 4.78. The van der Waals surface area contributed by atoms with Crippen LogP contribution < -0.4 is 0 Å². The van der Waals surface area contributed by atoms with E-state index in [1.165, 1.54) is 23.9 Å². The number of halogens is 3. The lowest BCUT2D eigenvalue weighted by Crippen LogP contribution is -2.07. The largest absolute Gasteiger partial charge is 0.417 e. The van der Waals surface area contributed by atoms with Crippen molar-refractivity contribution >= 4 is 11.8 Å². The summed E-state index contributed by atoms with van der Waals surface area (Å²) in [7, 11) is 1.78. The maximum absolute atomic E-state index is 12.6. The molecule has 2 rings (SSSR count). The number of aromatic nitrogens is 2. The molecule has 0 fully saturated rings. The van der Waals surface area contributed by atoms with Gasteiger partial charge in [-0.05, 0) is 18.2 Å². The van der Waals surface area contributed by atoms with Gasteiger partial charge < -0.3 is 4.57 Å². The summed E-state index contributed by atoms with van der Waals surface area (Å²) in [6.45, 7) is 0. The van der Waals surface area contributed by atoms with Crippen LogP contribution in [0, 0.1) is 11.3 Å². The van der Waals surface area contributed by atoms with Crippen LogP contribution in [-0.4, -0.2) is 9.55 Å². The van der Waals surface area contributed by atoms with Crippen LogP contribution in [-0.2, 0) is 13.2 Å². The molecule has 0 unspecified atom stereocenters. The second-order valence-electron chi connectivity index (χ2n) is 3.74. The van der Waals surface area contributed by atoms with E-state index in [-0.39, 0.29) is 5.56 Å². The van der Waals surface area contributed by atoms with Crippen LogP contribution in [0.1, 0.15) is 11.1 Å². The minimum absolute atomic E-state index is 0.383. The van der Waals surface area contributed by atoms with Crippen molar-refractivity contribution in [2.45, 2.75) is 16.2 Å². The van der Waals surface area contributed by atoms with Crippen LogP contribution in [0.3, 0.4) is 0 Å². The highest BCUT2D eigenvalue weighted by Crippen LogP contribution is 2.35. The van der Waals surface area contributed by atoms with Gasteiger partial charge in [0.25, 0.3) is 0 Å². The monoisotopic (exact) mass is 283 g/mol. The van der Waals surface area contributed by atoms with E-state index in [4.69, 9.17) is 5.26 Å². The standard InChI is InChI=1S/C12H8F3N3S/c1-18-5-4-17-11(18)19-9-2-3-10(12(13,14)15)8(6-9)7-16/h2-6H,1H3. The van der Waals surface area contributed by atoms with Gasteiger partial charge in [0.2, 0.25) is 0 Å². The Morgan fingerprint density at radius 1 is 1.37 bits per heavy atom. The lowest BCUT2D eigenvalue weighted by Gasteiger charge is -2.09. The molecule has 0 bridgehead atoms. The van der Waals surface area contributed by atoms with Crippen molar-refractivity contribution < 1.29 is 13.2 Å². The third kappa shape index (κ3) is 2.90. The van der Waals surface area contributed by atoms with Crippen LogP contribution in [0.15, 0.2) is 40.6 Å². The quantitative estimate of drug-likeness (QED) is 0.847. The maximum Gasteiger partial charge on any atom is 0.417 e. The Morgan fingerprint density at radius 3 is 2.63 bits per heavy atom. The first-order chi connectivity index (χ1) is 8.91. The molecular formula is C12H8F3N3S. The fraction of sp³-hybridized carbons (Fsp3) is 0.167. The van der Waals surface area contributed by atoms with Gasteiger partial charge in [-0.2, -0.15) is 18.4 Å². The first-order valence-corrected chi connectivity index (χ1v) is 6.00. The molecule has 0 aliphatic carbocycles. The predicted molar refractivity (Wildman–Crippen MR) is 63.5 cm³/mol. The van der Waals surface area contributed by atoms with Gasteiger partial charge in [-0.1, -0.05) is 11.8 Å². The summed E-state index contributed by atoms with van der Waals surface area (Å²) in [6.07, 6.45) is -1.19. The fourth-order valence-electron chi connectivity index (χ4n) is 1.48. The molecule has 0 N–H and O–H groups in total. The van der Waals surface area contributed by atoms with Crippen molar-refractivity contribution in [3.8, 4) is 6.07 Å². The van der Waals surface area contributed by atoms with Crippen molar-refractivity contribution in [3.63, 3.8) is 0 Å². The fourth-order valence-corrected chi connectivity index (χ4v) is 2.32. The van der Waals surface area contributed by atoms with Gasteiger partial charge in [0.1, 0.15) is 0 Å². The van der Waals surface area contributed by atoms with Gasteiger partial charge in [-0.15, -0.1) is 0 Å². The van der Waals surface area contributed by atoms with E-state index < -0.39 is 11.7 Å². The number of nitrogens with zero attached hydrogens (tertiary/aromatic N) is 3. The van der Waals surface area contributed by atoms with Gasteiger partial charge in [0.05, 0.1) is 17.2 Å². The molecule has 2 aromatic rings. The zero-order valence-corrected chi connectivity index (χ0v) is 10.6. The normalized spacial score (nSPS) is 11.3. The van der Waals surface area contributed by atoms with E-state index in [0.29, 0.717) is 10.1 Å². The first-order valence-electron chi connectivity index (χ1n) is 5.18. The van der Waals surface area contributed by atoms with Crippen LogP contribution in [0.5, 0.6) is 0 Å². The third-order valence-corrected chi connectivity index (χ3v) is 3.47. The minimum atomic E-state index is -4.52. The Kier molecular flexibility index (Phi) is 3.53. The Morgan fingerprint density at radius 2 is 2.11 bits per heavy atom. The lowest BCUT2D eigenvalue weighted by molar-refractivity contribution is -0.137. The van der Waals surface area contributed by atoms with E-state index in [2.05, 4.69) is 4.98 Å². The first kappa shape index (κ1) is 13.5. The molecule has 0 saturated carbocycles. The van der Waals surface area contributed by atoms with Crippen LogP contribution in [0.2, 0.25) is 0 Å². The highest BCUT2D eigenvalue weighted by Gasteiger charge is 2.33. The number of hydrogen-bond acceptors (Lipinski definition) is 3. The SMILES string of the molecule is Cn1ccnc1Sc1ccc(C(F)(F)F)c(C#N)c1. The Hall–Kier alpha value is -1.94. The molecule has 1 heterocycles. The Bertz CT molecular complexity index is 640. The summed E-state index contributed by atoms with van der Waals surface area (Å²) < 4.78 is 39.6. The van der Waals surface area contributed by atoms with Crippen LogP contribution in [0.4, 0.5) is 13.2 Å². The molecule has 0 radical (unpaired) electrons. The molecule has 0 atom stereocenters. The van der Waals surface area contributed by atoms with E-state index in [1.807, 2.05) is 0 Å². The summed E-state index contributed by atoms with van der Waals surface area (Å²) in [5.74, 6) is 0. The van der Waals surface area contributed by atoms with Crippen molar-refractivity contribution in [1.82, 2.24) is 9.55 Å². The van der Waals surface area contributed by atoms with Gasteiger partial charge in [0.15, 0.2) is 5.16 Å². The average molecular weight is 283 g/mol. The second kappa shape index (κ2) is 4.97.